The SMILES string of the molecule is O=C(Cc1ccc(Cl)c([N+](=O)[O-])c1)OC1(c2ccccc2)CCNCC1. The number of nitrogens with zero attached hydrogens (tertiary/aromatic N) is 1. The fraction of sp³-hybridized carbons (Fsp3) is 0.316. The number of carbonyl (C=O) groups excluding carboxylic acids is 1. The van der Waals surface area contributed by atoms with E-state index in [1.54, 1.807) is 6.07 Å². The van der Waals surface area contributed by atoms with Crippen molar-refractivity contribution in [1.29, 1.82) is 0 Å². The molecule has 1 heterocycles. The van der Waals surface area contributed by atoms with Gasteiger partial charge in [0.1, 0.15) is 10.6 Å². The van der Waals surface area contributed by atoms with Crippen molar-refractivity contribution in [3.05, 3.63) is 74.8 Å². The molecule has 0 saturated carbocycles. The Morgan fingerprint density at radius 3 is 2.54 bits per heavy atom. The largest absolute Gasteiger partial charge is 0.454 e. The Balaban J connectivity index is 1.79. The van der Waals surface area contributed by atoms with Gasteiger partial charge in [0.15, 0.2) is 0 Å². The van der Waals surface area contributed by atoms with Crippen LogP contribution in [-0.4, -0.2) is 24.0 Å². The van der Waals surface area contributed by atoms with Crippen LogP contribution in [-0.2, 0) is 21.6 Å². The van der Waals surface area contributed by atoms with E-state index in [1.807, 2.05) is 30.3 Å². The van der Waals surface area contributed by atoms with Crippen molar-refractivity contribution in [3.8, 4) is 0 Å². The minimum Gasteiger partial charge on any atom is -0.454 e. The number of hydrogen-bond donors (Lipinski definition) is 1. The maximum Gasteiger partial charge on any atom is 0.311 e. The topological polar surface area (TPSA) is 81.5 Å². The van der Waals surface area contributed by atoms with Crippen molar-refractivity contribution in [3.63, 3.8) is 0 Å². The van der Waals surface area contributed by atoms with E-state index >= 15 is 0 Å². The number of rotatable bonds is 5. The third-order valence-electron chi connectivity index (χ3n) is 4.58. The average Bonchev–Trinajstić information content (AvgIpc) is 2.64. The molecular weight excluding hydrogens is 356 g/mol. The molecule has 0 radical (unpaired) electrons. The molecule has 3 rings (SSSR count). The van der Waals surface area contributed by atoms with E-state index < -0.39 is 16.5 Å². The maximum absolute atomic E-state index is 12.6. The zero-order valence-electron chi connectivity index (χ0n) is 14.1. The molecule has 26 heavy (non-hydrogen) atoms. The molecular formula is C19H19ClN2O4. The molecule has 0 aliphatic carbocycles. The molecule has 1 saturated heterocycles. The zero-order valence-corrected chi connectivity index (χ0v) is 14.9. The summed E-state index contributed by atoms with van der Waals surface area (Å²) in [6, 6.07) is 14.1. The first kappa shape index (κ1) is 18.4. The number of benzene rings is 2. The van der Waals surface area contributed by atoms with E-state index in [9.17, 15) is 14.9 Å². The van der Waals surface area contributed by atoms with Crippen molar-refractivity contribution in [2.75, 3.05) is 13.1 Å². The Bertz CT molecular complexity index is 804. The van der Waals surface area contributed by atoms with Gasteiger partial charge in [-0.3, -0.25) is 14.9 Å². The first-order valence-corrected chi connectivity index (χ1v) is 8.79. The summed E-state index contributed by atoms with van der Waals surface area (Å²) in [6.45, 7) is 1.52. The monoisotopic (exact) mass is 374 g/mol. The standard InChI is InChI=1S/C19H19ClN2O4/c20-16-7-6-14(12-17(16)22(24)25)13-18(23)26-19(8-10-21-11-9-19)15-4-2-1-3-5-15/h1-7,12,21H,8-11,13H2. The molecule has 0 unspecified atom stereocenters. The van der Waals surface area contributed by atoms with E-state index in [0.29, 0.717) is 18.4 Å². The van der Waals surface area contributed by atoms with Gasteiger partial charge in [-0.25, -0.2) is 0 Å². The minimum atomic E-state index is -0.665. The molecule has 0 atom stereocenters. The predicted octanol–water partition coefficient (Wildman–Crippen LogP) is 3.61. The summed E-state index contributed by atoms with van der Waals surface area (Å²) in [5.41, 5.74) is 0.596. The number of ether oxygens (including phenoxy) is 1. The highest BCUT2D eigenvalue weighted by Gasteiger charge is 2.37. The normalized spacial score (nSPS) is 16.0. The molecule has 0 amide bonds. The molecule has 7 heteroatoms. The Morgan fingerprint density at radius 1 is 1.19 bits per heavy atom. The first-order chi connectivity index (χ1) is 12.5. The van der Waals surface area contributed by atoms with Crippen molar-refractivity contribution < 1.29 is 14.5 Å². The van der Waals surface area contributed by atoms with Crippen LogP contribution < -0.4 is 5.32 Å². The molecule has 0 bridgehead atoms. The summed E-state index contributed by atoms with van der Waals surface area (Å²) >= 11 is 5.82. The minimum absolute atomic E-state index is 0.0416. The van der Waals surface area contributed by atoms with Gasteiger partial charge in [-0.05, 0) is 30.3 Å². The molecule has 136 valence electrons. The summed E-state index contributed by atoms with van der Waals surface area (Å²) in [5, 5.41) is 14.3. The molecule has 1 aliphatic rings. The highest BCUT2D eigenvalue weighted by atomic mass is 35.5. The molecule has 0 aromatic heterocycles. The molecule has 2 aromatic rings. The molecule has 1 fully saturated rings. The van der Waals surface area contributed by atoms with Crippen molar-refractivity contribution in [2.45, 2.75) is 24.9 Å². The van der Waals surface area contributed by atoms with E-state index in [2.05, 4.69) is 5.32 Å². The third-order valence-corrected chi connectivity index (χ3v) is 4.90. The number of halogens is 1. The van der Waals surface area contributed by atoms with E-state index in [4.69, 9.17) is 16.3 Å². The van der Waals surface area contributed by atoms with Gasteiger partial charge >= 0.3 is 5.97 Å². The van der Waals surface area contributed by atoms with Crippen LogP contribution >= 0.6 is 11.6 Å². The second kappa shape index (κ2) is 7.85. The number of carbonyl (C=O) groups is 1. The number of esters is 1. The highest BCUT2D eigenvalue weighted by Crippen LogP contribution is 2.35. The lowest BCUT2D eigenvalue weighted by Gasteiger charge is -2.37. The van der Waals surface area contributed by atoms with Crippen LogP contribution in [0.15, 0.2) is 48.5 Å². The number of nitro groups is 1. The van der Waals surface area contributed by atoms with Crippen molar-refractivity contribution in [2.24, 2.45) is 0 Å². The van der Waals surface area contributed by atoms with E-state index in [-0.39, 0.29) is 17.1 Å². The number of piperidine rings is 1. The molecule has 6 nitrogen and oxygen atoms in total. The van der Waals surface area contributed by atoms with Crippen LogP contribution in [0, 0.1) is 10.1 Å². The van der Waals surface area contributed by atoms with Crippen LogP contribution in [0.1, 0.15) is 24.0 Å². The van der Waals surface area contributed by atoms with Gasteiger partial charge in [0.05, 0.1) is 11.3 Å². The Labute approximate surface area is 156 Å². The Morgan fingerprint density at radius 2 is 1.88 bits per heavy atom. The van der Waals surface area contributed by atoms with Crippen LogP contribution in [0.25, 0.3) is 0 Å². The number of nitro benzene ring substituents is 1. The predicted molar refractivity (Wildman–Crippen MR) is 98.1 cm³/mol. The highest BCUT2D eigenvalue weighted by molar-refractivity contribution is 6.32. The van der Waals surface area contributed by atoms with Crippen molar-refractivity contribution >= 4 is 23.3 Å². The van der Waals surface area contributed by atoms with Gasteiger partial charge in [-0.15, -0.1) is 0 Å². The second-order valence-electron chi connectivity index (χ2n) is 6.30. The van der Waals surface area contributed by atoms with Crippen molar-refractivity contribution in [1.82, 2.24) is 5.32 Å². The molecule has 1 N–H and O–H groups in total. The lowest BCUT2D eigenvalue weighted by molar-refractivity contribution is -0.384. The fourth-order valence-electron chi connectivity index (χ4n) is 3.25. The molecule has 1 aliphatic heterocycles. The summed E-state index contributed by atoms with van der Waals surface area (Å²) in [4.78, 5) is 23.0. The Hall–Kier alpha value is -2.44. The van der Waals surface area contributed by atoms with Gasteiger partial charge in [-0.1, -0.05) is 48.0 Å². The summed E-state index contributed by atoms with van der Waals surface area (Å²) in [6.07, 6.45) is 1.33. The quantitative estimate of drug-likeness (QED) is 0.491. The summed E-state index contributed by atoms with van der Waals surface area (Å²) in [7, 11) is 0. The summed E-state index contributed by atoms with van der Waals surface area (Å²) in [5.74, 6) is -0.410. The number of nitrogens with one attached hydrogen (secondary N) is 1. The fourth-order valence-corrected chi connectivity index (χ4v) is 3.44. The van der Waals surface area contributed by atoms with Crippen LogP contribution in [0.3, 0.4) is 0 Å². The second-order valence-corrected chi connectivity index (χ2v) is 6.71. The van der Waals surface area contributed by atoms with Gasteiger partial charge in [0.2, 0.25) is 0 Å². The van der Waals surface area contributed by atoms with Crippen LogP contribution in [0.2, 0.25) is 5.02 Å². The summed E-state index contributed by atoms with van der Waals surface area (Å²) < 4.78 is 5.92. The maximum atomic E-state index is 12.6. The number of hydrogen-bond acceptors (Lipinski definition) is 5. The molecule has 0 spiro atoms. The van der Waals surface area contributed by atoms with Crippen LogP contribution in [0.4, 0.5) is 5.69 Å². The van der Waals surface area contributed by atoms with Gasteiger partial charge < -0.3 is 10.1 Å². The smallest absolute Gasteiger partial charge is 0.311 e. The lowest BCUT2D eigenvalue weighted by atomic mass is 9.84. The Kier molecular flexibility index (Phi) is 5.54. The lowest BCUT2D eigenvalue weighted by Crippen LogP contribution is -2.43. The third kappa shape index (κ3) is 4.03. The zero-order chi connectivity index (χ0) is 18.6. The average molecular weight is 375 g/mol. The van der Waals surface area contributed by atoms with E-state index in [1.165, 1.54) is 12.1 Å². The van der Waals surface area contributed by atoms with Gasteiger partial charge in [0.25, 0.3) is 5.69 Å². The van der Waals surface area contributed by atoms with E-state index in [0.717, 1.165) is 18.7 Å². The molecule has 2 aromatic carbocycles. The first-order valence-electron chi connectivity index (χ1n) is 8.41. The van der Waals surface area contributed by atoms with Gasteiger partial charge in [-0.2, -0.15) is 0 Å². The van der Waals surface area contributed by atoms with Gasteiger partial charge in [0, 0.05) is 18.9 Å². The van der Waals surface area contributed by atoms with Crippen LogP contribution in [0.5, 0.6) is 0 Å².